The maximum absolute atomic E-state index is 13.6. The van der Waals surface area contributed by atoms with Crippen molar-refractivity contribution >= 4 is 16.8 Å². The number of amides is 1. The molecule has 7 rings (SSSR count). The lowest BCUT2D eigenvalue weighted by molar-refractivity contribution is 0.0711. The molecule has 0 aliphatic carbocycles. The van der Waals surface area contributed by atoms with Gasteiger partial charge in [-0.2, -0.15) is 5.26 Å². The summed E-state index contributed by atoms with van der Waals surface area (Å²) in [6.07, 6.45) is 2.17. The van der Waals surface area contributed by atoms with Crippen LogP contribution in [0.25, 0.3) is 27.7 Å². The highest BCUT2D eigenvalue weighted by Gasteiger charge is 2.49. The molecule has 5 aromatic rings. The number of benzene rings is 3. The quantitative estimate of drug-likeness (QED) is 0.392. The van der Waals surface area contributed by atoms with Gasteiger partial charge in [0.2, 0.25) is 5.88 Å². The molecule has 0 spiro atoms. The molecule has 4 heterocycles. The Kier molecular flexibility index (Phi) is 4.75. The largest absolute Gasteiger partial charge is 0.493 e. The number of pyridine rings is 1. The summed E-state index contributed by atoms with van der Waals surface area (Å²) in [6.45, 7) is 0.399. The van der Waals surface area contributed by atoms with Gasteiger partial charge in [-0.05, 0) is 53.9 Å². The Hall–Kier alpha value is -5.16. The molecule has 1 N–H and O–H groups in total. The monoisotopic (exact) mass is 499 g/mol. The Balaban J connectivity index is 1.26. The number of imidazole rings is 1. The number of carbonyl (C=O) groups excluding carboxylic acids is 1. The van der Waals surface area contributed by atoms with Gasteiger partial charge in [0.05, 0.1) is 28.9 Å². The lowest BCUT2D eigenvalue weighted by atomic mass is 10.0. The number of hydrogen-bond donors (Lipinski definition) is 1. The van der Waals surface area contributed by atoms with Gasteiger partial charge >= 0.3 is 5.69 Å². The van der Waals surface area contributed by atoms with Crippen molar-refractivity contribution in [3.8, 4) is 28.8 Å². The normalized spacial score (nSPS) is 17.5. The average molecular weight is 500 g/mol. The number of nitriles is 1. The van der Waals surface area contributed by atoms with Crippen molar-refractivity contribution in [2.24, 2.45) is 0 Å². The molecular weight excluding hydrogens is 478 g/mol. The Morgan fingerprint density at radius 3 is 2.50 bits per heavy atom. The molecule has 0 saturated carbocycles. The molecule has 2 aliphatic heterocycles. The maximum Gasteiger partial charge on any atom is 0.336 e. The summed E-state index contributed by atoms with van der Waals surface area (Å²) in [5, 5.41) is 21.4. The fraction of sp³-hybridized carbons (Fsp3) is 0.133. The topological polar surface area (TPSA) is 104 Å². The molecule has 3 aromatic carbocycles. The Morgan fingerprint density at radius 1 is 0.974 bits per heavy atom. The van der Waals surface area contributed by atoms with Gasteiger partial charge < -0.3 is 10.0 Å². The molecule has 1 fully saturated rings. The second-order valence-corrected chi connectivity index (χ2v) is 9.65. The van der Waals surface area contributed by atoms with Gasteiger partial charge in [-0.25, -0.2) is 9.36 Å². The van der Waals surface area contributed by atoms with E-state index in [9.17, 15) is 20.0 Å². The van der Waals surface area contributed by atoms with Crippen molar-refractivity contribution in [1.82, 2.24) is 19.0 Å². The van der Waals surface area contributed by atoms with E-state index in [1.807, 2.05) is 54.6 Å². The summed E-state index contributed by atoms with van der Waals surface area (Å²) in [7, 11) is 0. The minimum absolute atomic E-state index is 0.129. The van der Waals surface area contributed by atoms with Crippen molar-refractivity contribution in [1.29, 1.82) is 5.26 Å². The van der Waals surface area contributed by atoms with E-state index in [1.54, 1.807) is 39.9 Å². The Labute approximate surface area is 217 Å². The van der Waals surface area contributed by atoms with Gasteiger partial charge in [0.1, 0.15) is 11.8 Å². The zero-order valence-electron chi connectivity index (χ0n) is 20.2. The van der Waals surface area contributed by atoms with Gasteiger partial charge in [-0.3, -0.25) is 14.3 Å². The van der Waals surface area contributed by atoms with Gasteiger partial charge in [0, 0.05) is 23.7 Å². The third-order valence-electron chi connectivity index (χ3n) is 7.67. The van der Waals surface area contributed by atoms with E-state index < -0.39 is 6.04 Å². The highest BCUT2D eigenvalue weighted by Crippen LogP contribution is 2.49. The summed E-state index contributed by atoms with van der Waals surface area (Å²) in [6, 6.07) is 25.7. The molecule has 0 radical (unpaired) electrons. The molecular formula is C30H21N5O3. The van der Waals surface area contributed by atoms with Crippen molar-refractivity contribution in [3.63, 3.8) is 0 Å². The second-order valence-electron chi connectivity index (χ2n) is 9.65. The molecule has 38 heavy (non-hydrogen) atoms. The lowest BCUT2D eigenvalue weighted by Gasteiger charge is -2.27. The third-order valence-corrected chi connectivity index (χ3v) is 7.67. The van der Waals surface area contributed by atoms with Crippen LogP contribution in [0.3, 0.4) is 0 Å². The number of carbonyl (C=O) groups is 1. The van der Waals surface area contributed by atoms with E-state index in [1.165, 1.54) is 4.57 Å². The number of rotatable bonds is 3. The predicted molar refractivity (Wildman–Crippen MR) is 141 cm³/mol. The molecule has 184 valence electrons. The SMILES string of the molecule is N#Cc1ccc(-n2c(O)c3n(c2=O)[C@H]2C[C@@H]3N(C(=O)c3ccc(-c4ccccc4)cc3)C2)c2cccnc12. The Morgan fingerprint density at radius 2 is 1.74 bits per heavy atom. The smallest absolute Gasteiger partial charge is 0.336 e. The number of nitrogens with zero attached hydrogens (tertiary/aromatic N) is 5. The summed E-state index contributed by atoms with van der Waals surface area (Å²) < 4.78 is 2.88. The molecule has 1 saturated heterocycles. The van der Waals surface area contributed by atoms with Crippen LogP contribution in [-0.4, -0.2) is 36.6 Å². The first-order valence-corrected chi connectivity index (χ1v) is 12.4. The van der Waals surface area contributed by atoms with E-state index >= 15 is 0 Å². The molecule has 0 unspecified atom stereocenters. The van der Waals surface area contributed by atoms with Gasteiger partial charge in [0.15, 0.2) is 0 Å². The molecule has 2 aliphatic rings. The summed E-state index contributed by atoms with van der Waals surface area (Å²) in [5.41, 5.74) is 4.05. The van der Waals surface area contributed by atoms with Crippen LogP contribution >= 0.6 is 0 Å². The first-order chi connectivity index (χ1) is 18.6. The fourth-order valence-corrected chi connectivity index (χ4v) is 5.93. The molecule has 2 atom stereocenters. The van der Waals surface area contributed by atoms with Crippen molar-refractivity contribution in [2.45, 2.75) is 18.5 Å². The van der Waals surface area contributed by atoms with Crippen LogP contribution < -0.4 is 5.69 Å². The number of aromatic nitrogens is 3. The highest BCUT2D eigenvalue weighted by molar-refractivity contribution is 5.95. The third kappa shape index (κ3) is 3.05. The molecule has 8 heteroatoms. The number of fused-ring (bicyclic) bond motifs is 6. The Bertz CT molecular complexity index is 1850. The van der Waals surface area contributed by atoms with E-state index in [-0.39, 0.29) is 23.5 Å². The van der Waals surface area contributed by atoms with Crippen LogP contribution in [0, 0.1) is 11.3 Å². The maximum atomic E-state index is 13.6. The lowest BCUT2D eigenvalue weighted by Crippen LogP contribution is -2.37. The number of hydrogen-bond acceptors (Lipinski definition) is 5. The number of aromatic hydroxyl groups is 1. The fourth-order valence-electron chi connectivity index (χ4n) is 5.93. The minimum Gasteiger partial charge on any atom is -0.493 e. The molecule has 2 aromatic heterocycles. The molecule has 1 amide bonds. The highest BCUT2D eigenvalue weighted by atomic mass is 16.3. The van der Waals surface area contributed by atoms with E-state index in [0.29, 0.717) is 46.4 Å². The van der Waals surface area contributed by atoms with E-state index in [2.05, 4.69) is 11.1 Å². The summed E-state index contributed by atoms with van der Waals surface area (Å²) >= 11 is 0. The van der Waals surface area contributed by atoms with Crippen LogP contribution in [0.4, 0.5) is 0 Å². The van der Waals surface area contributed by atoms with Gasteiger partial charge in [0.25, 0.3) is 5.91 Å². The van der Waals surface area contributed by atoms with Gasteiger partial charge in [-0.15, -0.1) is 0 Å². The van der Waals surface area contributed by atoms with Crippen molar-refractivity contribution < 1.29 is 9.90 Å². The van der Waals surface area contributed by atoms with Crippen molar-refractivity contribution in [2.75, 3.05) is 6.54 Å². The minimum atomic E-state index is -0.405. The molecule has 2 bridgehead atoms. The predicted octanol–water partition coefficient (Wildman–Crippen LogP) is 4.57. The van der Waals surface area contributed by atoms with Gasteiger partial charge in [-0.1, -0.05) is 42.5 Å². The van der Waals surface area contributed by atoms with Crippen LogP contribution in [0.2, 0.25) is 0 Å². The zero-order chi connectivity index (χ0) is 26.0. The summed E-state index contributed by atoms with van der Waals surface area (Å²) in [4.78, 5) is 33.2. The van der Waals surface area contributed by atoms with E-state index in [0.717, 1.165) is 11.1 Å². The first-order valence-electron chi connectivity index (χ1n) is 12.4. The number of likely N-dealkylation sites (tertiary alicyclic amines) is 1. The first kappa shape index (κ1) is 22.1. The van der Waals surface area contributed by atoms with Crippen LogP contribution in [0.5, 0.6) is 5.88 Å². The molecule has 8 nitrogen and oxygen atoms in total. The second kappa shape index (κ2) is 8.18. The van der Waals surface area contributed by atoms with Crippen LogP contribution in [-0.2, 0) is 0 Å². The van der Waals surface area contributed by atoms with Crippen LogP contribution in [0.1, 0.15) is 40.1 Å². The standard InChI is InChI=1S/C30H21N5O3/c31-16-21-12-13-24(23-7-4-14-32-26(21)23)35-29(37)27-25-15-22(34(27)30(35)38)17-33(25)28(36)20-10-8-19(9-11-20)18-5-2-1-3-6-18/h1-14,22,25,37H,15,17H2/t22-,25-/m0/s1. The average Bonchev–Trinajstić information content (AvgIpc) is 3.64. The van der Waals surface area contributed by atoms with Crippen LogP contribution in [0.15, 0.2) is 89.9 Å². The van der Waals surface area contributed by atoms with Crippen molar-refractivity contribution in [3.05, 3.63) is 112 Å². The van der Waals surface area contributed by atoms with E-state index in [4.69, 9.17) is 0 Å². The zero-order valence-corrected chi connectivity index (χ0v) is 20.2. The summed E-state index contributed by atoms with van der Waals surface area (Å²) in [5.74, 6) is -0.315.